The number of anilines is 1. The Morgan fingerprint density at radius 3 is 2.18 bits per heavy atom. The molecule has 0 unspecified atom stereocenters. The summed E-state index contributed by atoms with van der Waals surface area (Å²) in [5, 5.41) is 3.20. The van der Waals surface area contributed by atoms with E-state index >= 15 is 0 Å². The zero-order valence-electron chi connectivity index (χ0n) is 12.7. The number of hydrogen-bond acceptors (Lipinski definition) is 3. The molecular formula is C18H20N2O2. The molecule has 22 heavy (non-hydrogen) atoms. The highest BCUT2D eigenvalue weighted by molar-refractivity contribution is 6.06. The second kappa shape index (κ2) is 4.97. The highest BCUT2D eigenvalue weighted by Gasteiger charge is 2.59. The minimum Gasteiger partial charge on any atom is -0.367 e. The van der Waals surface area contributed by atoms with Gasteiger partial charge in [-0.05, 0) is 42.4 Å². The van der Waals surface area contributed by atoms with E-state index in [9.17, 15) is 9.59 Å². The Morgan fingerprint density at radius 2 is 1.64 bits per heavy atom. The zero-order valence-corrected chi connectivity index (χ0v) is 12.7. The summed E-state index contributed by atoms with van der Waals surface area (Å²) < 4.78 is 0. The van der Waals surface area contributed by atoms with Gasteiger partial charge >= 0.3 is 0 Å². The van der Waals surface area contributed by atoms with E-state index in [1.54, 1.807) is 0 Å². The number of aryl methyl sites for hydroxylation is 1. The van der Waals surface area contributed by atoms with E-state index in [0.717, 1.165) is 18.5 Å². The first-order chi connectivity index (χ1) is 10.7. The number of benzene rings is 1. The van der Waals surface area contributed by atoms with E-state index in [-0.39, 0.29) is 42.2 Å². The van der Waals surface area contributed by atoms with Crippen LogP contribution in [0, 0.1) is 23.7 Å². The van der Waals surface area contributed by atoms with E-state index in [0.29, 0.717) is 0 Å². The topological polar surface area (TPSA) is 49.4 Å². The minimum absolute atomic E-state index is 0.00419. The highest BCUT2D eigenvalue weighted by Crippen LogP contribution is 2.52. The van der Waals surface area contributed by atoms with Gasteiger partial charge in [0.15, 0.2) is 0 Å². The lowest BCUT2D eigenvalue weighted by Gasteiger charge is -2.18. The minimum atomic E-state index is -0.105. The molecule has 114 valence electrons. The van der Waals surface area contributed by atoms with Gasteiger partial charge in [-0.2, -0.15) is 0 Å². The molecule has 1 N–H and O–H groups in total. The van der Waals surface area contributed by atoms with Crippen molar-refractivity contribution in [2.45, 2.75) is 19.8 Å². The van der Waals surface area contributed by atoms with Crippen molar-refractivity contribution in [1.29, 1.82) is 0 Å². The summed E-state index contributed by atoms with van der Waals surface area (Å²) in [6.07, 6.45) is 6.23. The molecule has 1 saturated carbocycles. The van der Waals surface area contributed by atoms with Crippen molar-refractivity contribution in [3.63, 3.8) is 0 Å². The van der Waals surface area contributed by atoms with Gasteiger partial charge in [0.1, 0.15) is 0 Å². The van der Waals surface area contributed by atoms with Gasteiger partial charge in [-0.3, -0.25) is 14.5 Å². The Bertz CT molecular complexity index is 620. The van der Waals surface area contributed by atoms with Crippen molar-refractivity contribution in [1.82, 2.24) is 4.90 Å². The number of hydrogen-bond donors (Lipinski definition) is 1. The van der Waals surface area contributed by atoms with E-state index < -0.39 is 0 Å². The molecule has 0 spiro atoms. The lowest BCUT2D eigenvalue weighted by atomic mass is 9.85. The molecule has 4 nitrogen and oxygen atoms in total. The number of rotatable bonds is 4. The number of likely N-dealkylation sites (tertiary alicyclic amines) is 1. The number of carbonyl (C=O) groups excluding carboxylic acids is 2. The molecule has 1 saturated heterocycles. The molecular weight excluding hydrogens is 276 g/mol. The van der Waals surface area contributed by atoms with Gasteiger partial charge in [0.2, 0.25) is 11.8 Å². The van der Waals surface area contributed by atoms with Crippen LogP contribution in [0.1, 0.15) is 18.9 Å². The molecule has 1 aromatic rings. The van der Waals surface area contributed by atoms with Crippen LogP contribution in [0.3, 0.4) is 0 Å². The van der Waals surface area contributed by atoms with Crippen molar-refractivity contribution in [3.05, 3.63) is 42.0 Å². The Balaban J connectivity index is 1.45. The summed E-state index contributed by atoms with van der Waals surface area (Å²) in [6.45, 7) is 2.39. The second-order valence-corrected chi connectivity index (χ2v) is 6.49. The van der Waals surface area contributed by atoms with E-state index in [2.05, 4.69) is 36.5 Å². The van der Waals surface area contributed by atoms with Crippen molar-refractivity contribution in [2.75, 3.05) is 12.0 Å². The van der Waals surface area contributed by atoms with E-state index in [4.69, 9.17) is 0 Å². The average Bonchev–Trinajstić information content (AvgIpc) is 3.21. The van der Waals surface area contributed by atoms with Gasteiger partial charge in [-0.1, -0.05) is 31.2 Å². The summed E-state index contributed by atoms with van der Waals surface area (Å²) in [5.41, 5.74) is 2.21. The quantitative estimate of drug-likeness (QED) is 0.686. The molecule has 4 rings (SSSR count). The van der Waals surface area contributed by atoms with Gasteiger partial charge in [0, 0.05) is 5.69 Å². The maximum Gasteiger partial charge on any atom is 0.235 e. The van der Waals surface area contributed by atoms with Crippen molar-refractivity contribution < 1.29 is 9.59 Å². The molecule has 4 atom stereocenters. The number of imide groups is 1. The summed E-state index contributed by atoms with van der Waals surface area (Å²) in [7, 11) is 0. The van der Waals surface area contributed by atoms with Crippen LogP contribution in [0.5, 0.6) is 0 Å². The third-order valence-corrected chi connectivity index (χ3v) is 5.37. The van der Waals surface area contributed by atoms with Crippen LogP contribution in [0.25, 0.3) is 0 Å². The van der Waals surface area contributed by atoms with Crippen LogP contribution >= 0.6 is 0 Å². The van der Waals surface area contributed by atoms with Gasteiger partial charge < -0.3 is 5.32 Å². The van der Waals surface area contributed by atoms with Crippen molar-refractivity contribution >= 4 is 17.5 Å². The fourth-order valence-corrected chi connectivity index (χ4v) is 4.15. The zero-order chi connectivity index (χ0) is 15.3. The lowest BCUT2D eigenvalue weighted by molar-refractivity contribution is -0.140. The Hall–Kier alpha value is -2.10. The first-order valence-electron chi connectivity index (χ1n) is 8.05. The number of nitrogens with zero attached hydrogens (tertiary/aromatic N) is 1. The molecule has 3 aliphatic rings. The summed E-state index contributed by atoms with van der Waals surface area (Å²) in [4.78, 5) is 26.5. The van der Waals surface area contributed by atoms with Crippen molar-refractivity contribution in [2.24, 2.45) is 23.7 Å². The standard InChI is InChI=1S/C18H20N2O2/c1-2-11-3-7-14(8-4-11)19-10-20-17(21)15-12-5-6-13(9-12)16(15)18(20)22/h3-8,12-13,15-16,19H,2,9-10H2,1H3/t12-,13+,15+,16-. The number of fused-ring (bicyclic) bond motifs is 5. The first-order valence-corrected chi connectivity index (χ1v) is 8.05. The summed E-state index contributed by atoms with van der Waals surface area (Å²) in [5.74, 6) is 0.355. The van der Waals surface area contributed by atoms with Crippen LogP contribution in [0.2, 0.25) is 0 Å². The average molecular weight is 296 g/mol. The van der Waals surface area contributed by atoms with Crippen LogP contribution in [-0.4, -0.2) is 23.4 Å². The SMILES string of the molecule is CCc1ccc(NCN2C(=O)[C@@H]3[C@H](C2=O)[C@H]2C=C[C@@H]3C2)cc1. The van der Waals surface area contributed by atoms with Gasteiger partial charge in [-0.25, -0.2) is 0 Å². The largest absolute Gasteiger partial charge is 0.367 e. The number of carbonyl (C=O) groups is 2. The summed E-state index contributed by atoms with van der Waals surface area (Å²) in [6, 6.07) is 8.12. The smallest absolute Gasteiger partial charge is 0.235 e. The number of allylic oxidation sites excluding steroid dienone is 2. The summed E-state index contributed by atoms with van der Waals surface area (Å²) >= 11 is 0. The van der Waals surface area contributed by atoms with Crippen LogP contribution in [0.4, 0.5) is 5.69 Å². The third kappa shape index (κ3) is 1.90. The third-order valence-electron chi connectivity index (χ3n) is 5.37. The number of amides is 2. The maximum absolute atomic E-state index is 12.5. The van der Waals surface area contributed by atoms with Gasteiger partial charge in [-0.15, -0.1) is 0 Å². The Morgan fingerprint density at radius 1 is 1.05 bits per heavy atom. The predicted molar refractivity (Wildman–Crippen MR) is 83.9 cm³/mol. The first kappa shape index (κ1) is 13.6. The molecule has 1 heterocycles. The normalized spacial score (nSPS) is 32.0. The van der Waals surface area contributed by atoms with Crippen LogP contribution in [-0.2, 0) is 16.0 Å². The number of nitrogens with one attached hydrogen (secondary N) is 1. The fraction of sp³-hybridized carbons (Fsp3) is 0.444. The van der Waals surface area contributed by atoms with E-state index in [1.807, 2.05) is 12.1 Å². The molecule has 4 heteroatoms. The van der Waals surface area contributed by atoms with Crippen molar-refractivity contribution in [3.8, 4) is 0 Å². The Kier molecular flexibility index (Phi) is 3.06. The molecule has 2 fully saturated rings. The predicted octanol–water partition coefficient (Wildman–Crippen LogP) is 2.43. The fourth-order valence-electron chi connectivity index (χ4n) is 4.15. The molecule has 0 radical (unpaired) electrons. The molecule has 2 aliphatic carbocycles. The second-order valence-electron chi connectivity index (χ2n) is 6.49. The lowest BCUT2D eigenvalue weighted by Crippen LogP contribution is -2.37. The molecule has 1 aliphatic heterocycles. The maximum atomic E-state index is 12.5. The van der Waals surface area contributed by atoms with Crippen LogP contribution < -0.4 is 5.32 Å². The van der Waals surface area contributed by atoms with Gasteiger partial charge in [0.25, 0.3) is 0 Å². The molecule has 2 bridgehead atoms. The van der Waals surface area contributed by atoms with Crippen LogP contribution in [0.15, 0.2) is 36.4 Å². The highest BCUT2D eigenvalue weighted by atomic mass is 16.2. The van der Waals surface area contributed by atoms with Gasteiger partial charge in [0.05, 0.1) is 18.5 Å². The molecule has 2 amide bonds. The molecule has 0 aromatic heterocycles. The Labute approximate surface area is 130 Å². The molecule has 1 aromatic carbocycles. The monoisotopic (exact) mass is 296 g/mol. The van der Waals surface area contributed by atoms with E-state index in [1.165, 1.54) is 10.5 Å².